The van der Waals surface area contributed by atoms with Crippen molar-refractivity contribution in [2.24, 2.45) is 5.92 Å². The van der Waals surface area contributed by atoms with Crippen molar-refractivity contribution in [3.05, 3.63) is 21.9 Å². The van der Waals surface area contributed by atoms with E-state index in [1.165, 1.54) is 11.3 Å². The van der Waals surface area contributed by atoms with Crippen LogP contribution in [0.5, 0.6) is 0 Å². The Hall–Kier alpha value is -1.35. The number of hydrogen-bond donors (Lipinski definition) is 2. The van der Waals surface area contributed by atoms with Crippen molar-refractivity contribution in [2.75, 3.05) is 26.3 Å². The molecule has 1 aliphatic heterocycles. The smallest absolute Gasteiger partial charge is 0.263 e. The molecule has 0 radical (unpaired) electrons. The van der Waals surface area contributed by atoms with Crippen LogP contribution >= 0.6 is 11.3 Å². The van der Waals surface area contributed by atoms with Gasteiger partial charge in [-0.15, -0.1) is 11.3 Å². The first-order chi connectivity index (χ1) is 9.24. The molecule has 2 rings (SSSR count). The van der Waals surface area contributed by atoms with E-state index < -0.39 is 0 Å². The maximum absolute atomic E-state index is 12.3. The molecule has 1 aliphatic rings. The van der Waals surface area contributed by atoms with Gasteiger partial charge >= 0.3 is 0 Å². The Bertz CT molecular complexity index is 500. The van der Waals surface area contributed by atoms with Crippen molar-refractivity contribution < 1.29 is 15.0 Å². The first-order valence-electron chi connectivity index (χ1n) is 6.34. The minimum Gasteiger partial charge on any atom is -0.396 e. The van der Waals surface area contributed by atoms with Crippen LogP contribution in [-0.4, -0.2) is 47.3 Å². The van der Waals surface area contributed by atoms with E-state index in [0.717, 1.165) is 30.8 Å². The zero-order chi connectivity index (χ0) is 13.7. The molecule has 0 bridgehead atoms. The molecule has 1 atom stereocenters. The van der Waals surface area contributed by atoms with Gasteiger partial charge in [0, 0.05) is 19.7 Å². The topological polar surface area (TPSA) is 60.8 Å². The molecule has 0 aromatic carbocycles. The Balaban J connectivity index is 1.98. The highest BCUT2D eigenvalue weighted by atomic mass is 32.1. The van der Waals surface area contributed by atoms with Crippen LogP contribution < -0.4 is 0 Å². The zero-order valence-corrected chi connectivity index (χ0v) is 11.4. The van der Waals surface area contributed by atoms with Crippen LogP contribution in [0.25, 0.3) is 0 Å². The zero-order valence-electron chi connectivity index (χ0n) is 10.6. The normalized spacial score (nSPS) is 18.2. The highest BCUT2D eigenvalue weighted by Gasteiger charge is 2.27. The highest BCUT2D eigenvalue weighted by molar-refractivity contribution is 7.14. The lowest BCUT2D eigenvalue weighted by Crippen LogP contribution is -2.28. The number of hydrogen-bond acceptors (Lipinski definition) is 4. The van der Waals surface area contributed by atoms with Gasteiger partial charge < -0.3 is 15.1 Å². The predicted molar refractivity (Wildman–Crippen MR) is 74.0 cm³/mol. The number of aliphatic hydroxyl groups is 2. The van der Waals surface area contributed by atoms with E-state index in [2.05, 4.69) is 11.8 Å². The number of likely N-dealkylation sites (tertiary alicyclic amines) is 1. The molecule has 5 heteroatoms. The number of amides is 1. The number of nitrogens with zero attached hydrogens (tertiary/aromatic N) is 1. The maximum Gasteiger partial charge on any atom is 0.263 e. The predicted octanol–water partition coefficient (Wildman–Crippen LogP) is 0.936. The molecule has 1 fully saturated rings. The van der Waals surface area contributed by atoms with Crippen molar-refractivity contribution in [1.29, 1.82) is 0 Å². The summed E-state index contributed by atoms with van der Waals surface area (Å²) in [4.78, 5) is 15.6. The first-order valence-corrected chi connectivity index (χ1v) is 7.16. The van der Waals surface area contributed by atoms with Gasteiger partial charge in [-0.05, 0) is 30.9 Å². The largest absolute Gasteiger partial charge is 0.396 e. The lowest BCUT2D eigenvalue weighted by molar-refractivity contribution is 0.0789. The van der Waals surface area contributed by atoms with E-state index in [1.807, 2.05) is 11.0 Å². The number of rotatable bonds is 3. The van der Waals surface area contributed by atoms with E-state index in [9.17, 15) is 4.79 Å². The second kappa shape index (κ2) is 6.71. The Labute approximate surface area is 116 Å². The fourth-order valence-corrected chi connectivity index (χ4v) is 3.09. The SMILES string of the molecule is O=C(c1ccc(C#CCO)s1)N1CCC(CCO)C1. The van der Waals surface area contributed by atoms with Crippen molar-refractivity contribution in [3.63, 3.8) is 0 Å². The lowest BCUT2D eigenvalue weighted by atomic mass is 10.1. The standard InChI is InChI=1S/C14H17NO3S/c16-8-1-2-12-3-4-13(19-12)14(18)15-7-5-11(10-15)6-9-17/h3-4,11,16-17H,5-10H2. The van der Waals surface area contributed by atoms with Gasteiger partial charge in [-0.25, -0.2) is 0 Å². The van der Waals surface area contributed by atoms with E-state index in [1.54, 1.807) is 6.07 Å². The van der Waals surface area contributed by atoms with Gasteiger partial charge in [0.05, 0.1) is 9.75 Å². The van der Waals surface area contributed by atoms with Gasteiger partial charge in [0.2, 0.25) is 0 Å². The van der Waals surface area contributed by atoms with Crippen LogP contribution in [0.1, 0.15) is 27.4 Å². The fourth-order valence-electron chi connectivity index (χ4n) is 2.24. The average molecular weight is 279 g/mol. The van der Waals surface area contributed by atoms with Crippen molar-refractivity contribution in [2.45, 2.75) is 12.8 Å². The molecule has 1 aromatic heterocycles. The van der Waals surface area contributed by atoms with E-state index in [0.29, 0.717) is 10.8 Å². The summed E-state index contributed by atoms with van der Waals surface area (Å²) in [5.74, 6) is 5.84. The molecule has 0 spiro atoms. The maximum atomic E-state index is 12.3. The minimum atomic E-state index is -0.170. The number of carbonyl (C=O) groups excluding carboxylic acids is 1. The number of thiophene rings is 1. The molecule has 2 N–H and O–H groups in total. The van der Waals surface area contributed by atoms with Crippen molar-refractivity contribution in [3.8, 4) is 11.8 Å². The van der Waals surface area contributed by atoms with Gasteiger partial charge in [0.15, 0.2) is 0 Å². The first kappa shape index (κ1) is 14.1. The summed E-state index contributed by atoms with van der Waals surface area (Å²) in [5.41, 5.74) is 0. The summed E-state index contributed by atoms with van der Waals surface area (Å²) in [6.45, 7) is 1.51. The molecule has 19 heavy (non-hydrogen) atoms. The number of carbonyl (C=O) groups is 1. The molecular formula is C14H17NO3S. The van der Waals surface area contributed by atoms with Gasteiger partial charge in [0.1, 0.15) is 6.61 Å². The molecule has 0 aliphatic carbocycles. The quantitative estimate of drug-likeness (QED) is 0.809. The monoisotopic (exact) mass is 279 g/mol. The number of aliphatic hydroxyl groups excluding tert-OH is 2. The third-order valence-corrected chi connectivity index (χ3v) is 4.21. The van der Waals surface area contributed by atoms with Crippen LogP contribution in [0.3, 0.4) is 0 Å². The van der Waals surface area contributed by atoms with E-state index in [4.69, 9.17) is 10.2 Å². The molecule has 1 aromatic rings. The fraction of sp³-hybridized carbons (Fsp3) is 0.500. The Morgan fingerprint density at radius 3 is 3.05 bits per heavy atom. The average Bonchev–Trinajstić information content (AvgIpc) is 3.05. The minimum absolute atomic E-state index is 0.0440. The molecule has 102 valence electrons. The van der Waals surface area contributed by atoms with Gasteiger partial charge in [-0.1, -0.05) is 11.8 Å². The van der Waals surface area contributed by atoms with Gasteiger partial charge in [-0.3, -0.25) is 4.79 Å². The third kappa shape index (κ3) is 3.57. The lowest BCUT2D eigenvalue weighted by Gasteiger charge is -2.15. The van der Waals surface area contributed by atoms with E-state index in [-0.39, 0.29) is 19.1 Å². The molecule has 2 heterocycles. The van der Waals surface area contributed by atoms with Crippen LogP contribution in [-0.2, 0) is 0 Å². The van der Waals surface area contributed by atoms with Gasteiger partial charge in [0.25, 0.3) is 5.91 Å². The van der Waals surface area contributed by atoms with Crippen molar-refractivity contribution >= 4 is 17.2 Å². The second-order valence-corrected chi connectivity index (χ2v) is 5.63. The molecule has 1 amide bonds. The Morgan fingerprint density at radius 2 is 2.32 bits per heavy atom. The Kier molecular flexibility index (Phi) is 4.97. The van der Waals surface area contributed by atoms with Crippen molar-refractivity contribution in [1.82, 2.24) is 4.90 Å². The molecular weight excluding hydrogens is 262 g/mol. The summed E-state index contributed by atoms with van der Waals surface area (Å²) >= 11 is 1.36. The molecule has 0 saturated carbocycles. The second-order valence-electron chi connectivity index (χ2n) is 4.54. The molecule has 4 nitrogen and oxygen atoms in total. The summed E-state index contributed by atoms with van der Waals surface area (Å²) < 4.78 is 0. The third-order valence-electron chi connectivity index (χ3n) is 3.22. The summed E-state index contributed by atoms with van der Waals surface area (Å²) in [5, 5.41) is 17.5. The highest BCUT2D eigenvalue weighted by Crippen LogP contribution is 2.24. The van der Waals surface area contributed by atoms with Crippen LogP contribution in [0.2, 0.25) is 0 Å². The van der Waals surface area contributed by atoms with Crippen LogP contribution in [0.15, 0.2) is 12.1 Å². The van der Waals surface area contributed by atoms with Gasteiger partial charge in [-0.2, -0.15) is 0 Å². The van der Waals surface area contributed by atoms with E-state index >= 15 is 0 Å². The molecule has 1 saturated heterocycles. The Morgan fingerprint density at radius 1 is 1.47 bits per heavy atom. The van der Waals surface area contributed by atoms with Crippen LogP contribution in [0, 0.1) is 17.8 Å². The summed E-state index contributed by atoms with van der Waals surface area (Å²) in [6, 6.07) is 3.59. The van der Waals surface area contributed by atoms with Crippen LogP contribution in [0.4, 0.5) is 0 Å². The summed E-state index contributed by atoms with van der Waals surface area (Å²) in [7, 11) is 0. The molecule has 1 unspecified atom stereocenters. The summed E-state index contributed by atoms with van der Waals surface area (Å²) in [6.07, 6.45) is 1.73.